The summed E-state index contributed by atoms with van der Waals surface area (Å²) in [6.45, 7) is 6.98. The van der Waals surface area contributed by atoms with Gasteiger partial charge in [-0.2, -0.15) is 0 Å². The van der Waals surface area contributed by atoms with Crippen LogP contribution in [0.4, 0.5) is 0 Å². The molecule has 0 amide bonds. The molecule has 6 heteroatoms. The number of rotatable bonds is 11. The maximum Gasteiger partial charge on any atom is 0.133 e. The summed E-state index contributed by atoms with van der Waals surface area (Å²) < 4.78 is 6.10. The topological polar surface area (TPSA) is 51.6 Å². The first-order valence-corrected chi connectivity index (χ1v) is 19.8. The summed E-state index contributed by atoms with van der Waals surface area (Å²) in [4.78, 5) is 16.8. The fourth-order valence-electron chi connectivity index (χ4n) is 3.97. The minimum atomic E-state index is -2.21. The van der Waals surface area contributed by atoms with Gasteiger partial charge in [0.25, 0.3) is 0 Å². The number of halogens is 1. The molecule has 3 rings (SSSR count). The number of unbranched alkanes of at least 4 members (excludes halogenated alkanes) is 3. The Bertz CT molecular complexity index is 855. The quantitative estimate of drug-likeness (QED) is 0.182. The van der Waals surface area contributed by atoms with Gasteiger partial charge in [-0.05, 0) is 12.1 Å². The van der Waals surface area contributed by atoms with Gasteiger partial charge in [0.2, 0.25) is 0 Å². The number of pyridine rings is 2. The number of hydrogen-bond donors (Lipinski definition) is 0. The smallest absolute Gasteiger partial charge is 0.133 e. The summed E-state index contributed by atoms with van der Waals surface area (Å²) in [6, 6.07) is 13.9. The van der Waals surface area contributed by atoms with E-state index in [2.05, 4.69) is 53.9 Å². The minimum Gasteiger partial charge on any atom is -0.255 e. The molecule has 0 saturated heterocycles. The largest absolute Gasteiger partial charge is 0.255 e. The average Bonchev–Trinajstić information content (AvgIpc) is 2.85. The monoisotopic (exact) mass is 560 g/mol. The van der Waals surface area contributed by atoms with Gasteiger partial charge < -0.3 is 0 Å². The van der Waals surface area contributed by atoms with Gasteiger partial charge in [-0.1, -0.05) is 17.7 Å². The van der Waals surface area contributed by atoms with Crippen LogP contribution in [0.3, 0.4) is 0 Å². The van der Waals surface area contributed by atoms with Crippen LogP contribution < -0.4 is 3.71 Å². The van der Waals surface area contributed by atoms with Gasteiger partial charge in [0.15, 0.2) is 0 Å². The standard InChI is InChI=1S/C9H6ClN3.C5H4N.3C4H9.Sn/c10-9-5-8(12-6-13-9)7-3-1-2-4-11-7;1-2-4-6-5-3-1;3*1-3-4-2;/h1-6H;1-4H;3*1,3-4H2,2H3;. The molecular weight excluding hydrogens is 522 g/mol. The number of aromatic nitrogens is 4. The van der Waals surface area contributed by atoms with E-state index in [0.717, 1.165) is 11.4 Å². The third-order valence-corrected chi connectivity index (χ3v) is 21.2. The van der Waals surface area contributed by atoms with E-state index in [-0.39, 0.29) is 0 Å². The summed E-state index contributed by atoms with van der Waals surface area (Å²) in [7, 11) is 0. The van der Waals surface area contributed by atoms with E-state index in [1.165, 1.54) is 58.2 Å². The molecule has 0 unspecified atom stereocenters. The predicted octanol–water partition coefficient (Wildman–Crippen LogP) is 7.33. The van der Waals surface area contributed by atoms with Crippen molar-refractivity contribution in [3.05, 3.63) is 66.3 Å². The van der Waals surface area contributed by atoms with Crippen molar-refractivity contribution in [3.8, 4) is 11.4 Å². The van der Waals surface area contributed by atoms with Crippen molar-refractivity contribution in [2.75, 3.05) is 0 Å². The Balaban J connectivity index is 0.000000242. The zero-order valence-corrected chi connectivity index (χ0v) is 23.4. The summed E-state index contributed by atoms with van der Waals surface area (Å²) in [6.07, 6.45) is 13.4. The fraction of sp³-hybridized carbons (Fsp3) is 0.462. The van der Waals surface area contributed by atoms with E-state index >= 15 is 0 Å². The molecule has 0 aliphatic carbocycles. The Morgan fingerprint density at radius 1 is 0.688 bits per heavy atom. The molecule has 0 spiro atoms. The van der Waals surface area contributed by atoms with Crippen molar-refractivity contribution in [2.24, 2.45) is 0 Å². The van der Waals surface area contributed by atoms with E-state index in [1.54, 1.807) is 16.0 Å². The van der Waals surface area contributed by atoms with Crippen molar-refractivity contribution < 1.29 is 0 Å². The normalized spacial score (nSPS) is 11.0. The van der Waals surface area contributed by atoms with E-state index in [1.807, 2.05) is 24.4 Å². The summed E-state index contributed by atoms with van der Waals surface area (Å²) in [5.74, 6) is 0. The molecule has 0 saturated carbocycles. The van der Waals surface area contributed by atoms with Crippen LogP contribution in [0, 0.1) is 0 Å². The molecule has 3 aromatic rings. The fourth-order valence-corrected chi connectivity index (χ4v) is 19.5. The first kappa shape index (κ1) is 26.7. The van der Waals surface area contributed by atoms with Crippen molar-refractivity contribution in [2.45, 2.75) is 72.6 Å². The molecule has 0 bridgehead atoms. The first-order valence-electron chi connectivity index (χ1n) is 12.0. The average molecular weight is 560 g/mol. The predicted molar refractivity (Wildman–Crippen MR) is 139 cm³/mol. The summed E-state index contributed by atoms with van der Waals surface area (Å²) in [5, 5.41) is 0.427. The maximum absolute atomic E-state index is 5.72. The van der Waals surface area contributed by atoms with Crippen LogP contribution in [-0.2, 0) is 0 Å². The third-order valence-electron chi connectivity index (χ3n) is 5.80. The van der Waals surface area contributed by atoms with Crippen LogP contribution in [0.25, 0.3) is 11.4 Å². The van der Waals surface area contributed by atoms with Gasteiger partial charge >= 0.3 is 124 Å². The molecule has 0 aliphatic rings. The van der Waals surface area contributed by atoms with Gasteiger partial charge in [-0.3, -0.25) is 4.98 Å². The van der Waals surface area contributed by atoms with Gasteiger partial charge in [0, 0.05) is 12.3 Å². The van der Waals surface area contributed by atoms with Gasteiger partial charge in [-0.25, -0.2) is 9.97 Å². The van der Waals surface area contributed by atoms with Crippen molar-refractivity contribution in [1.29, 1.82) is 0 Å². The Kier molecular flexibility index (Phi) is 12.8. The second kappa shape index (κ2) is 15.3. The molecule has 0 atom stereocenters. The molecular formula is C26H37ClN4Sn. The van der Waals surface area contributed by atoms with Crippen LogP contribution in [-0.4, -0.2) is 38.3 Å². The van der Waals surface area contributed by atoms with Gasteiger partial charge in [0.1, 0.15) is 11.5 Å². The summed E-state index contributed by atoms with van der Waals surface area (Å²) in [5.41, 5.74) is 1.53. The third kappa shape index (κ3) is 8.78. The molecule has 32 heavy (non-hydrogen) atoms. The SMILES string of the molecule is CCC[CH2][Sn]([CH2]CCC)([CH2]CCC)[c]1ccccn1.Clc1cc(-c2ccccn2)ncn1. The second-order valence-corrected chi connectivity index (χ2v) is 21.7. The van der Waals surface area contributed by atoms with E-state index in [4.69, 9.17) is 16.6 Å². The molecule has 0 fully saturated rings. The first-order chi connectivity index (χ1) is 15.6. The molecule has 0 N–H and O–H groups in total. The molecule has 4 nitrogen and oxygen atoms in total. The van der Waals surface area contributed by atoms with Crippen molar-refractivity contribution >= 4 is 33.7 Å². The van der Waals surface area contributed by atoms with Gasteiger partial charge in [0.05, 0.1) is 11.4 Å². The van der Waals surface area contributed by atoms with Crippen LogP contribution in [0.1, 0.15) is 59.3 Å². The molecule has 3 heterocycles. The van der Waals surface area contributed by atoms with Gasteiger partial charge in [-0.15, -0.1) is 0 Å². The Morgan fingerprint density at radius 3 is 1.75 bits per heavy atom. The van der Waals surface area contributed by atoms with Crippen LogP contribution >= 0.6 is 11.6 Å². The minimum absolute atomic E-state index is 0.427. The molecule has 172 valence electrons. The zero-order chi connectivity index (χ0) is 23.1. The van der Waals surface area contributed by atoms with Crippen molar-refractivity contribution in [1.82, 2.24) is 19.9 Å². The summed E-state index contributed by atoms with van der Waals surface area (Å²) >= 11 is 3.51. The Hall–Kier alpha value is -1.53. The van der Waals surface area contributed by atoms with E-state index in [9.17, 15) is 0 Å². The Morgan fingerprint density at radius 2 is 1.28 bits per heavy atom. The van der Waals surface area contributed by atoms with Crippen LogP contribution in [0.2, 0.25) is 18.5 Å². The second-order valence-electron chi connectivity index (χ2n) is 8.25. The van der Waals surface area contributed by atoms with Crippen LogP contribution in [0.5, 0.6) is 0 Å². The molecule has 0 radical (unpaired) electrons. The maximum atomic E-state index is 5.72. The van der Waals surface area contributed by atoms with E-state index < -0.39 is 18.4 Å². The van der Waals surface area contributed by atoms with Crippen LogP contribution in [0.15, 0.2) is 61.2 Å². The number of nitrogens with zero attached hydrogens (tertiary/aromatic N) is 4. The molecule has 0 aliphatic heterocycles. The zero-order valence-electron chi connectivity index (χ0n) is 19.8. The number of hydrogen-bond acceptors (Lipinski definition) is 4. The molecule has 0 aromatic carbocycles. The Labute approximate surface area is 203 Å². The van der Waals surface area contributed by atoms with Crippen molar-refractivity contribution in [3.63, 3.8) is 0 Å². The van der Waals surface area contributed by atoms with E-state index in [0.29, 0.717) is 5.15 Å². The molecule has 3 aromatic heterocycles.